The Labute approximate surface area is 205 Å². The molecule has 0 aliphatic carbocycles. The first-order chi connectivity index (χ1) is 14.4. The zero-order valence-corrected chi connectivity index (χ0v) is 20.9. The summed E-state index contributed by atoms with van der Waals surface area (Å²) in [4.78, 5) is 17.2. The molecule has 1 aliphatic heterocycles. The predicted molar refractivity (Wildman–Crippen MR) is 139 cm³/mol. The van der Waals surface area contributed by atoms with Gasteiger partial charge >= 0.3 is 0 Å². The van der Waals surface area contributed by atoms with Crippen LogP contribution in [0.25, 0.3) is 16.8 Å². The van der Waals surface area contributed by atoms with Gasteiger partial charge in [0.2, 0.25) is 7.59 Å². The van der Waals surface area contributed by atoms with Crippen LogP contribution in [0.15, 0.2) is 60.0 Å². The summed E-state index contributed by atoms with van der Waals surface area (Å²) in [6.45, 7) is 0.782. The van der Waals surface area contributed by atoms with Crippen molar-refractivity contribution < 1.29 is 9.18 Å². The van der Waals surface area contributed by atoms with Crippen LogP contribution in [-0.4, -0.2) is 17.4 Å². The number of hydrogen-bond donors (Lipinski definition) is 2. The number of allylic oxidation sites excluding steroid dienone is 1. The number of aromatic nitrogens is 1. The van der Waals surface area contributed by atoms with Crippen molar-refractivity contribution in [1.82, 2.24) is 4.98 Å². The van der Waals surface area contributed by atoms with E-state index >= 15 is 0 Å². The van der Waals surface area contributed by atoms with Gasteiger partial charge in [-0.25, -0.2) is 9.37 Å². The van der Waals surface area contributed by atoms with Gasteiger partial charge in [-0.3, -0.25) is 10.1 Å². The van der Waals surface area contributed by atoms with Crippen molar-refractivity contribution in [3.8, 4) is 11.3 Å². The maximum atomic E-state index is 14.3. The summed E-state index contributed by atoms with van der Waals surface area (Å²) < 4.78 is 12.9. The van der Waals surface area contributed by atoms with Crippen LogP contribution in [0.5, 0.6) is 0 Å². The van der Waals surface area contributed by atoms with Gasteiger partial charge in [-0.2, -0.15) is 0 Å². The van der Waals surface area contributed by atoms with Crippen LogP contribution in [0.3, 0.4) is 0 Å². The van der Waals surface area contributed by atoms with Crippen molar-refractivity contribution in [2.45, 2.75) is 14.5 Å². The molecule has 0 radical (unpaired) electrons. The average Bonchev–Trinajstić information content (AvgIpc) is 3.09. The van der Waals surface area contributed by atoms with Gasteiger partial charge in [0.25, 0.3) is 0 Å². The number of hydrogen-bond acceptors (Lipinski definition) is 4. The van der Waals surface area contributed by atoms with Crippen molar-refractivity contribution in [2.75, 3.05) is 17.2 Å². The number of nitrogens with zero attached hydrogens (tertiary/aromatic N) is 1. The smallest absolute Gasteiger partial charge is 0.250 e. The number of fused-ring (bicyclic) bond motifs is 1. The molecule has 0 saturated carbocycles. The number of alkyl halides is 3. The molecule has 0 bridgehead atoms. The largest absolute Gasteiger partial charge is 0.385 e. The van der Waals surface area contributed by atoms with Crippen LogP contribution in [-0.2, 0) is 6.48 Å². The molecule has 4 rings (SSSR count). The molecule has 3 aromatic rings. The Balaban J connectivity index is 1.55. The molecule has 2 N–H and O–H groups in total. The van der Waals surface area contributed by atoms with E-state index < -0.39 is 1.68 Å². The number of rotatable bonds is 4. The van der Waals surface area contributed by atoms with Crippen molar-refractivity contribution in [3.05, 3.63) is 71.1 Å². The second-order valence-electron chi connectivity index (χ2n) is 6.85. The molecule has 8 heteroatoms. The Hall–Kier alpha value is -1.53. The van der Waals surface area contributed by atoms with Crippen LogP contribution in [0.2, 0.25) is 0 Å². The van der Waals surface area contributed by atoms with Gasteiger partial charge in [-0.1, -0.05) is 42.5 Å². The third kappa shape index (κ3) is 5.20. The highest BCUT2D eigenvalue weighted by molar-refractivity contribution is 14.2. The van der Waals surface area contributed by atoms with Gasteiger partial charge in [0.1, 0.15) is 0 Å². The predicted octanol–water partition coefficient (Wildman–Crippen LogP) is 6.99. The zero-order chi connectivity index (χ0) is 21.1. The lowest BCUT2D eigenvalue weighted by molar-refractivity contribution is -0.111. The van der Waals surface area contributed by atoms with E-state index in [-0.39, 0.29) is 5.91 Å². The first kappa shape index (κ1) is 21.7. The minimum atomic E-state index is -1.47. The van der Waals surface area contributed by atoms with Crippen molar-refractivity contribution in [1.29, 1.82) is 0 Å². The molecule has 2 heterocycles. The zero-order valence-electron chi connectivity index (χ0n) is 15.8. The molecule has 154 valence electrons. The topological polar surface area (TPSA) is 54.0 Å². The fraction of sp³-hybridized carbons (Fsp3) is 0.182. The molecule has 30 heavy (non-hydrogen) atoms. The molecule has 2 aromatic carbocycles. The monoisotopic (exact) mass is 645 g/mol. The summed E-state index contributed by atoms with van der Waals surface area (Å²) in [6, 6.07) is 15.4. The Kier molecular flexibility index (Phi) is 6.73. The molecular formula is C22H18FI2N3OS. The molecule has 1 aromatic heterocycles. The van der Waals surface area contributed by atoms with Crippen LogP contribution < -0.4 is 10.6 Å². The molecule has 1 aliphatic rings. The van der Waals surface area contributed by atoms with E-state index in [1.807, 2.05) is 47.8 Å². The molecule has 1 amide bonds. The average molecular weight is 645 g/mol. The number of thiazole rings is 1. The van der Waals surface area contributed by atoms with E-state index in [2.05, 4.69) is 15.6 Å². The minimum absolute atomic E-state index is 0.210. The molecule has 0 spiro atoms. The second-order valence-corrected chi connectivity index (χ2v) is 12.7. The first-order valence-corrected chi connectivity index (χ1v) is 12.4. The molecule has 0 unspecified atom stereocenters. The molecule has 4 nitrogen and oxygen atoms in total. The van der Waals surface area contributed by atoms with Gasteiger partial charge in [-0.15, -0.1) is 11.3 Å². The van der Waals surface area contributed by atoms with E-state index in [1.165, 1.54) is 11.3 Å². The molecular weight excluding hydrogens is 627 g/mol. The summed E-state index contributed by atoms with van der Waals surface area (Å²) in [5.74, 6) is -0.210. The van der Waals surface area contributed by atoms with Gasteiger partial charge in [0.05, 0.1) is 5.69 Å². The number of halogens is 3. The third-order valence-electron chi connectivity index (χ3n) is 4.74. The van der Waals surface area contributed by atoms with Gasteiger partial charge in [-0.05, 0) is 69.7 Å². The highest BCUT2D eigenvalue weighted by Crippen LogP contribution is 2.43. The number of amides is 1. The summed E-state index contributed by atoms with van der Waals surface area (Å²) in [7, 11) is 0. The van der Waals surface area contributed by atoms with E-state index in [4.69, 9.17) is 0 Å². The van der Waals surface area contributed by atoms with E-state index in [9.17, 15) is 9.18 Å². The summed E-state index contributed by atoms with van der Waals surface area (Å²) in [5, 5.41) is 8.73. The number of benzene rings is 2. The van der Waals surface area contributed by atoms with Crippen LogP contribution >= 0.6 is 56.5 Å². The van der Waals surface area contributed by atoms with Crippen LogP contribution in [0, 0.1) is 0 Å². The Morgan fingerprint density at radius 2 is 2.03 bits per heavy atom. The van der Waals surface area contributed by atoms with Gasteiger partial charge in [0.15, 0.2) is 5.13 Å². The maximum absolute atomic E-state index is 14.3. The molecule has 0 fully saturated rings. The van der Waals surface area contributed by atoms with E-state index in [0.29, 0.717) is 10.7 Å². The number of carbonyl (C=O) groups is 1. The highest BCUT2D eigenvalue weighted by Gasteiger charge is 2.25. The van der Waals surface area contributed by atoms with Crippen molar-refractivity contribution in [3.63, 3.8) is 0 Å². The van der Waals surface area contributed by atoms with Crippen molar-refractivity contribution in [2.24, 2.45) is 0 Å². The fourth-order valence-corrected chi connectivity index (χ4v) is 4.70. The lowest BCUT2D eigenvalue weighted by Gasteiger charge is -2.16. The summed E-state index contributed by atoms with van der Waals surface area (Å²) >= 11 is 4.96. The number of carbonyl (C=O) groups excluding carboxylic acids is 1. The van der Waals surface area contributed by atoms with E-state index in [0.717, 1.165) is 47.5 Å². The van der Waals surface area contributed by atoms with Crippen molar-refractivity contribution >= 4 is 78.8 Å². The summed E-state index contributed by atoms with van der Waals surface area (Å²) in [6.07, 6.45) is 3.30. The summed E-state index contributed by atoms with van der Waals surface area (Å²) in [5.41, 5.74) is 5.18. The normalized spacial score (nSPS) is 15.2. The lowest BCUT2D eigenvalue weighted by Crippen LogP contribution is -2.09. The lowest BCUT2D eigenvalue weighted by atomic mass is 9.99. The Morgan fingerprint density at radius 3 is 2.80 bits per heavy atom. The Bertz CT molecular complexity index is 1090. The molecule has 0 saturated heterocycles. The third-order valence-corrected chi connectivity index (χ3v) is 6.74. The van der Waals surface area contributed by atoms with Crippen LogP contribution in [0.1, 0.15) is 24.0 Å². The minimum Gasteiger partial charge on any atom is -0.385 e. The SMILES string of the molecule is O=C(/C=C1\CCCNc2cc(C(F)(I)I)ccc21)Nc1nc(-c2ccccc2)cs1. The van der Waals surface area contributed by atoms with Gasteiger partial charge < -0.3 is 5.32 Å². The van der Waals surface area contributed by atoms with Gasteiger partial charge in [0, 0.05) is 40.4 Å². The Morgan fingerprint density at radius 1 is 1.23 bits per heavy atom. The van der Waals surface area contributed by atoms with Crippen LogP contribution in [0.4, 0.5) is 15.2 Å². The molecule has 0 atom stereocenters. The first-order valence-electron chi connectivity index (χ1n) is 9.38. The standard InChI is InChI=1S/C22H18FI2N3OS/c23-22(24,25)16-8-9-17-15(7-4-10-26-18(17)12-16)11-20(29)28-21-27-19(13-30-21)14-5-2-1-3-6-14/h1-3,5-6,8-9,11-13,26H,4,7,10H2,(H,27,28,29)/b15-11+. The number of anilines is 2. The second kappa shape index (κ2) is 9.31. The quantitative estimate of drug-likeness (QED) is 0.183. The highest BCUT2D eigenvalue weighted by atomic mass is 127. The van der Waals surface area contributed by atoms with E-state index in [1.54, 1.807) is 57.3 Å². The number of nitrogens with one attached hydrogen (secondary N) is 2. The maximum Gasteiger partial charge on any atom is 0.250 e. The fourth-order valence-electron chi connectivity index (χ4n) is 3.31.